The first-order chi connectivity index (χ1) is 15.2. The van der Waals surface area contributed by atoms with Crippen molar-refractivity contribution < 1.29 is 9.85 Å². The Balaban J connectivity index is 2.11. The molecule has 0 aliphatic rings. The zero-order chi connectivity index (χ0) is 23.4. The molecule has 0 aliphatic carbocycles. The van der Waals surface area contributed by atoms with Crippen LogP contribution in [0.2, 0.25) is 5.04 Å². The van der Waals surface area contributed by atoms with Gasteiger partial charge in [0.2, 0.25) is 0 Å². The minimum absolute atomic E-state index is 0.0924. The first-order valence-electron chi connectivity index (χ1n) is 10.0. The third-order valence-electron chi connectivity index (χ3n) is 5.47. The maximum Gasteiger partial charge on any atom is 0.301 e. The number of nitro benzene ring substituents is 2. The summed E-state index contributed by atoms with van der Waals surface area (Å²) < 4.78 is 0. The van der Waals surface area contributed by atoms with Gasteiger partial charge in [0.1, 0.15) is 5.69 Å². The largest absolute Gasteiger partial charge is 0.301 e. The van der Waals surface area contributed by atoms with Crippen molar-refractivity contribution in [1.82, 2.24) is 0 Å². The third kappa shape index (κ3) is 4.42. The quantitative estimate of drug-likeness (QED) is 0.248. The van der Waals surface area contributed by atoms with Gasteiger partial charge in [-0.1, -0.05) is 81.4 Å². The van der Waals surface area contributed by atoms with Crippen molar-refractivity contribution in [1.29, 1.82) is 0 Å². The number of nitro groups is 2. The van der Waals surface area contributed by atoms with Crippen LogP contribution in [0.15, 0.2) is 84.0 Å². The molecule has 32 heavy (non-hydrogen) atoms. The first kappa shape index (κ1) is 22.8. The summed E-state index contributed by atoms with van der Waals surface area (Å²) in [4.78, 5) is 21.1. The highest BCUT2D eigenvalue weighted by Gasteiger charge is 2.46. The van der Waals surface area contributed by atoms with Crippen LogP contribution in [-0.4, -0.2) is 23.8 Å². The van der Waals surface area contributed by atoms with Crippen LogP contribution < -0.4 is 15.8 Å². The Kier molecular flexibility index (Phi) is 6.49. The molecule has 3 rings (SSSR count). The van der Waals surface area contributed by atoms with E-state index in [1.165, 1.54) is 12.1 Å². The minimum atomic E-state index is -2.61. The Morgan fingerprint density at radius 3 is 1.81 bits per heavy atom. The molecular weight excluding hydrogens is 424 g/mol. The van der Waals surface area contributed by atoms with Crippen LogP contribution in [0.25, 0.3) is 0 Å². The summed E-state index contributed by atoms with van der Waals surface area (Å²) in [6.07, 6.45) is 0. The van der Waals surface area contributed by atoms with E-state index in [4.69, 9.17) is 0 Å². The van der Waals surface area contributed by atoms with E-state index in [9.17, 15) is 20.2 Å². The van der Waals surface area contributed by atoms with E-state index in [-0.39, 0.29) is 16.4 Å². The van der Waals surface area contributed by atoms with Crippen molar-refractivity contribution in [2.45, 2.75) is 25.8 Å². The van der Waals surface area contributed by atoms with Crippen LogP contribution in [0, 0.1) is 20.2 Å². The second-order valence-electron chi connectivity index (χ2n) is 8.38. The lowest BCUT2D eigenvalue weighted by Crippen LogP contribution is -2.66. The number of rotatable bonds is 7. The molecule has 0 spiro atoms. The fourth-order valence-corrected chi connectivity index (χ4v) is 8.30. The minimum Gasteiger partial charge on any atom is -0.272 e. The number of hydrogen-bond donors (Lipinski definition) is 1. The molecule has 0 saturated carbocycles. The molecule has 0 amide bonds. The summed E-state index contributed by atoms with van der Waals surface area (Å²) in [5, 5.41) is 29.0. The Morgan fingerprint density at radius 1 is 0.844 bits per heavy atom. The molecule has 9 heteroatoms. The number of hydrazone groups is 1. The van der Waals surface area contributed by atoms with E-state index >= 15 is 0 Å². The van der Waals surface area contributed by atoms with Gasteiger partial charge < -0.3 is 0 Å². The molecule has 3 aromatic carbocycles. The normalized spacial score (nSPS) is 12.0. The van der Waals surface area contributed by atoms with Gasteiger partial charge in [-0.05, 0) is 21.5 Å². The molecule has 164 valence electrons. The van der Waals surface area contributed by atoms with Crippen LogP contribution in [0.4, 0.5) is 17.1 Å². The molecular formula is C23H24N4O4Si. The van der Waals surface area contributed by atoms with E-state index in [0.717, 1.165) is 16.4 Å². The van der Waals surface area contributed by atoms with E-state index < -0.39 is 23.6 Å². The summed E-state index contributed by atoms with van der Waals surface area (Å²) in [7, 11) is -2.61. The zero-order valence-electron chi connectivity index (χ0n) is 18.1. The zero-order valence-corrected chi connectivity index (χ0v) is 19.1. The Labute approximate surface area is 186 Å². The SMILES string of the molecule is CC(C)(C)[Si](C=NNc1ccc([N+](=O)[O-])cc1[N+](=O)[O-])(c1ccccc1)c1ccccc1. The van der Waals surface area contributed by atoms with Gasteiger partial charge in [0, 0.05) is 11.9 Å². The van der Waals surface area contributed by atoms with Gasteiger partial charge in [-0.15, -0.1) is 0 Å². The third-order valence-corrected chi connectivity index (χ3v) is 10.8. The number of benzene rings is 3. The highest BCUT2D eigenvalue weighted by Crippen LogP contribution is 2.35. The Bertz CT molecular complexity index is 1110. The number of nitrogens with zero attached hydrogens (tertiary/aromatic N) is 3. The predicted octanol–water partition coefficient (Wildman–Crippen LogP) is 4.50. The fraction of sp³-hybridized carbons (Fsp3) is 0.174. The molecule has 0 unspecified atom stereocenters. The summed E-state index contributed by atoms with van der Waals surface area (Å²) in [6, 6.07) is 23.7. The molecule has 0 radical (unpaired) electrons. The maximum atomic E-state index is 11.5. The van der Waals surface area contributed by atoms with Crippen LogP contribution in [0.1, 0.15) is 20.8 Å². The molecule has 0 aliphatic heterocycles. The monoisotopic (exact) mass is 448 g/mol. The summed E-state index contributed by atoms with van der Waals surface area (Å²) in [6.45, 7) is 6.50. The first-order valence-corrected chi connectivity index (χ1v) is 12.1. The number of hydrogen-bond acceptors (Lipinski definition) is 6. The smallest absolute Gasteiger partial charge is 0.272 e. The van der Waals surface area contributed by atoms with E-state index in [1.54, 1.807) is 0 Å². The molecule has 3 aromatic rings. The van der Waals surface area contributed by atoms with Gasteiger partial charge in [0.15, 0.2) is 8.07 Å². The highest BCUT2D eigenvalue weighted by atomic mass is 28.3. The average Bonchev–Trinajstić information content (AvgIpc) is 2.77. The van der Waals surface area contributed by atoms with Crippen LogP contribution in [0.5, 0.6) is 0 Å². The second-order valence-corrected chi connectivity index (χ2v) is 12.9. The van der Waals surface area contributed by atoms with Crippen LogP contribution >= 0.6 is 0 Å². The predicted molar refractivity (Wildman–Crippen MR) is 129 cm³/mol. The number of nitrogens with one attached hydrogen (secondary N) is 1. The van der Waals surface area contributed by atoms with Crippen molar-refractivity contribution in [3.8, 4) is 0 Å². The van der Waals surface area contributed by atoms with Crippen molar-refractivity contribution in [3.05, 3.63) is 99.1 Å². The van der Waals surface area contributed by atoms with E-state index in [0.29, 0.717) is 0 Å². The van der Waals surface area contributed by atoms with Gasteiger partial charge in [-0.25, -0.2) is 0 Å². The number of non-ortho nitro benzene ring substituents is 1. The molecule has 0 heterocycles. The summed E-state index contributed by atoms with van der Waals surface area (Å²) >= 11 is 0. The molecule has 0 bridgehead atoms. The van der Waals surface area contributed by atoms with E-state index in [1.807, 2.05) is 42.2 Å². The molecule has 0 atom stereocenters. The Hall–Kier alpha value is -3.85. The summed E-state index contributed by atoms with van der Waals surface area (Å²) in [5.41, 5.74) is 2.11. The lowest BCUT2D eigenvalue weighted by molar-refractivity contribution is -0.393. The van der Waals surface area contributed by atoms with Crippen LogP contribution in [0.3, 0.4) is 0 Å². The highest BCUT2D eigenvalue weighted by molar-refractivity contribution is 7.21. The maximum absolute atomic E-state index is 11.5. The van der Waals surface area contributed by atoms with Gasteiger partial charge in [0.05, 0.1) is 15.9 Å². The van der Waals surface area contributed by atoms with Crippen molar-refractivity contribution >= 4 is 41.3 Å². The van der Waals surface area contributed by atoms with Gasteiger partial charge in [-0.3, -0.25) is 25.7 Å². The van der Waals surface area contributed by atoms with E-state index in [2.05, 4.69) is 55.6 Å². The Morgan fingerprint density at radius 2 is 1.38 bits per heavy atom. The molecule has 0 fully saturated rings. The standard InChI is InChI=1S/C23H24N4O4Si/c1-23(2,3)32(19-10-6-4-7-11-19,20-12-8-5-9-13-20)17-24-25-21-15-14-18(26(28)29)16-22(21)27(30)31/h4-17,25H,1-3H3. The average molecular weight is 449 g/mol. The van der Waals surface area contributed by atoms with Crippen LogP contribution in [-0.2, 0) is 0 Å². The molecule has 0 aromatic heterocycles. The molecule has 1 N–H and O–H groups in total. The second kappa shape index (κ2) is 9.11. The topological polar surface area (TPSA) is 111 Å². The van der Waals surface area contributed by atoms with Gasteiger partial charge >= 0.3 is 5.69 Å². The van der Waals surface area contributed by atoms with Gasteiger partial charge in [0.25, 0.3) is 5.69 Å². The van der Waals surface area contributed by atoms with Gasteiger partial charge in [-0.2, -0.15) is 5.10 Å². The van der Waals surface area contributed by atoms with Crippen molar-refractivity contribution in [2.75, 3.05) is 5.43 Å². The van der Waals surface area contributed by atoms with Crippen molar-refractivity contribution in [2.24, 2.45) is 5.10 Å². The molecule has 0 saturated heterocycles. The molecule has 8 nitrogen and oxygen atoms in total. The van der Waals surface area contributed by atoms with Crippen molar-refractivity contribution in [3.63, 3.8) is 0 Å². The number of anilines is 1. The summed E-state index contributed by atoms with van der Waals surface area (Å²) in [5.74, 6) is 1.89. The lowest BCUT2D eigenvalue weighted by atomic mass is 10.2. The lowest BCUT2D eigenvalue weighted by Gasteiger charge is -2.40. The fourth-order valence-electron chi connectivity index (χ4n) is 3.86.